The van der Waals surface area contributed by atoms with Gasteiger partial charge in [-0.2, -0.15) is 0 Å². The smallest absolute Gasteiger partial charge is 0.309 e. The predicted molar refractivity (Wildman–Crippen MR) is 80.8 cm³/mol. The molecule has 3 heteroatoms. The Bertz CT molecular complexity index is 493. The van der Waals surface area contributed by atoms with Gasteiger partial charge in [-0.1, -0.05) is 18.9 Å². The van der Waals surface area contributed by atoms with Crippen LogP contribution in [0, 0.1) is 29.1 Å². The van der Waals surface area contributed by atoms with E-state index in [9.17, 15) is 14.7 Å². The summed E-state index contributed by atoms with van der Waals surface area (Å²) in [7, 11) is 0. The van der Waals surface area contributed by atoms with E-state index in [1.54, 1.807) is 0 Å². The Morgan fingerprint density at radius 3 is 2.71 bits per heavy atom. The molecule has 0 amide bonds. The van der Waals surface area contributed by atoms with E-state index >= 15 is 0 Å². The van der Waals surface area contributed by atoms with E-state index in [2.05, 4.69) is 6.92 Å². The fourth-order valence-corrected chi connectivity index (χ4v) is 5.52. The number of hydrogen-bond donors (Lipinski definition) is 1. The molecule has 0 aromatic heterocycles. The molecule has 0 spiro atoms. The number of ketones is 1. The maximum absolute atomic E-state index is 11.8. The second-order valence-corrected chi connectivity index (χ2v) is 7.47. The van der Waals surface area contributed by atoms with Crippen LogP contribution in [-0.2, 0) is 9.59 Å². The van der Waals surface area contributed by atoms with E-state index in [-0.39, 0.29) is 11.7 Å². The summed E-state index contributed by atoms with van der Waals surface area (Å²) in [6.07, 6.45) is 8.41. The lowest BCUT2D eigenvalue weighted by molar-refractivity contribution is -0.159. The molecule has 0 radical (unpaired) electrons. The number of fused-ring (bicyclic) bond motifs is 3. The number of carboxylic acids is 1. The highest BCUT2D eigenvalue weighted by molar-refractivity contribution is 5.91. The van der Waals surface area contributed by atoms with Crippen molar-refractivity contribution >= 4 is 11.8 Å². The largest absolute Gasteiger partial charge is 0.481 e. The van der Waals surface area contributed by atoms with Gasteiger partial charge >= 0.3 is 5.97 Å². The van der Waals surface area contributed by atoms with Crippen molar-refractivity contribution in [1.82, 2.24) is 0 Å². The molecule has 1 N–H and O–H groups in total. The fraction of sp³-hybridized carbons (Fsp3) is 0.778. The van der Waals surface area contributed by atoms with Gasteiger partial charge in [-0.05, 0) is 68.8 Å². The van der Waals surface area contributed by atoms with Crippen molar-refractivity contribution in [3.8, 4) is 0 Å². The van der Waals surface area contributed by atoms with Crippen LogP contribution in [0.5, 0.6) is 0 Å². The number of allylic oxidation sites excluding steroid dienone is 2. The molecule has 0 saturated heterocycles. The molecule has 0 aromatic rings. The van der Waals surface area contributed by atoms with Crippen LogP contribution in [0.25, 0.3) is 0 Å². The van der Waals surface area contributed by atoms with Crippen molar-refractivity contribution in [2.24, 2.45) is 29.1 Å². The standard InChI is InChI=1S/C18H26O3/c1-3-16-15-6-4-11-10-12(19)5-7-13(11)14(15)8-9-18(16,2)17(20)21/h10,13-16H,3-9H2,1-2H3,(H,20,21). The Balaban J connectivity index is 1.89. The number of carbonyl (C=O) groups excluding carboxylic acids is 1. The number of carbonyl (C=O) groups is 2. The van der Waals surface area contributed by atoms with Crippen LogP contribution in [0.4, 0.5) is 0 Å². The summed E-state index contributed by atoms with van der Waals surface area (Å²) in [6.45, 7) is 4.10. The van der Waals surface area contributed by atoms with Gasteiger partial charge in [0.25, 0.3) is 0 Å². The van der Waals surface area contributed by atoms with Gasteiger partial charge in [0.2, 0.25) is 0 Å². The van der Waals surface area contributed by atoms with Gasteiger partial charge in [-0.25, -0.2) is 0 Å². The Morgan fingerprint density at radius 2 is 2.05 bits per heavy atom. The lowest BCUT2D eigenvalue weighted by Crippen LogP contribution is -2.49. The predicted octanol–water partition coefficient (Wildman–Crippen LogP) is 3.83. The third-order valence-corrected chi connectivity index (χ3v) is 6.62. The van der Waals surface area contributed by atoms with E-state index in [1.165, 1.54) is 5.57 Å². The van der Waals surface area contributed by atoms with E-state index in [0.717, 1.165) is 38.5 Å². The summed E-state index contributed by atoms with van der Waals surface area (Å²) < 4.78 is 0. The molecule has 2 fully saturated rings. The molecule has 0 heterocycles. The maximum Gasteiger partial charge on any atom is 0.309 e. The Morgan fingerprint density at radius 1 is 1.29 bits per heavy atom. The van der Waals surface area contributed by atoms with Crippen molar-refractivity contribution in [3.05, 3.63) is 11.6 Å². The third-order valence-electron chi connectivity index (χ3n) is 6.62. The third kappa shape index (κ3) is 2.25. The van der Waals surface area contributed by atoms with Gasteiger partial charge in [0.15, 0.2) is 5.78 Å². The number of carboxylic acid groups (broad SMARTS) is 1. The first kappa shape index (κ1) is 14.8. The van der Waals surface area contributed by atoms with Crippen LogP contribution >= 0.6 is 0 Å². The minimum absolute atomic E-state index is 0.285. The maximum atomic E-state index is 11.8. The van der Waals surface area contributed by atoms with Crippen LogP contribution in [0.3, 0.4) is 0 Å². The lowest BCUT2D eigenvalue weighted by atomic mass is 9.51. The van der Waals surface area contributed by atoms with Gasteiger partial charge in [-0.15, -0.1) is 0 Å². The van der Waals surface area contributed by atoms with Crippen LogP contribution in [0.2, 0.25) is 0 Å². The van der Waals surface area contributed by atoms with Gasteiger partial charge in [0, 0.05) is 6.42 Å². The molecule has 3 nitrogen and oxygen atoms in total. The van der Waals surface area contributed by atoms with Crippen LogP contribution < -0.4 is 0 Å². The summed E-state index contributed by atoms with van der Waals surface area (Å²) in [5.41, 5.74) is 0.808. The van der Waals surface area contributed by atoms with E-state index in [0.29, 0.717) is 24.2 Å². The van der Waals surface area contributed by atoms with Gasteiger partial charge in [-0.3, -0.25) is 9.59 Å². The second-order valence-electron chi connectivity index (χ2n) is 7.47. The molecule has 2 saturated carbocycles. The molecule has 0 bridgehead atoms. The van der Waals surface area contributed by atoms with Crippen molar-refractivity contribution in [2.45, 2.75) is 58.8 Å². The summed E-state index contributed by atoms with van der Waals surface area (Å²) in [4.78, 5) is 23.4. The van der Waals surface area contributed by atoms with E-state index < -0.39 is 11.4 Å². The average Bonchev–Trinajstić information content (AvgIpc) is 2.46. The summed E-state index contributed by atoms with van der Waals surface area (Å²) in [5.74, 6) is 1.64. The average molecular weight is 290 g/mol. The quantitative estimate of drug-likeness (QED) is 0.841. The van der Waals surface area contributed by atoms with Gasteiger partial charge in [0.1, 0.15) is 0 Å². The van der Waals surface area contributed by atoms with Crippen molar-refractivity contribution in [2.75, 3.05) is 0 Å². The molecule has 3 aliphatic rings. The molecule has 3 aliphatic carbocycles. The van der Waals surface area contributed by atoms with Crippen molar-refractivity contribution in [3.63, 3.8) is 0 Å². The lowest BCUT2D eigenvalue weighted by Gasteiger charge is -2.53. The van der Waals surface area contributed by atoms with Crippen LogP contribution in [0.1, 0.15) is 58.8 Å². The van der Waals surface area contributed by atoms with E-state index in [4.69, 9.17) is 0 Å². The second kappa shape index (κ2) is 5.26. The highest BCUT2D eigenvalue weighted by Gasteiger charge is 2.53. The zero-order valence-corrected chi connectivity index (χ0v) is 13.1. The fourth-order valence-electron chi connectivity index (χ4n) is 5.52. The topological polar surface area (TPSA) is 54.4 Å². The molecule has 3 rings (SSSR count). The first-order chi connectivity index (χ1) is 9.97. The number of aliphatic carboxylic acids is 1. The highest BCUT2D eigenvalue weighted by atomic mass is 16.4. The first-order valence-electron chi connectivity index (χ1n) is 8.44. The molecule has 21 heavy (non-hydrogen) atoms. The summed E-state index contributed by atoms with van der Waals surface area (Å²) in [6, 6.07) is 0. The Kier molecular flexibility index (Phi) is 3.71. The van der Waals surface area contributed by atoms with Crippen LogP contribution in [0.15, 0.2) is 11.6 Å². The normalized spacial score (nSPS) is 42.8. The van der Waals surface area contributed by atoms with Gasteiger partial charge in [0.05, 0.1) is 5.41 Å². The highest BCUT2D eigenvalue weighted by Crippen LogP contribution is 2.57. The molecule has 5 atom stereocenters. The molecular formula is C18H26O3. The minimum atomic E-state index is -0.618. The van der Waals surface area contributed by atoms with Crippen molar-refractivity contribution < 1.29 is 14.7 Å². The zero-order chi connectivity index (χ0) is 15.2. The molecular weight excluding hydrogens is 264 g/mol. The molecule has 116 valence electrons. The number of rotatable bonds is 2. The molecule has 0 aliphatic heterocycles. The first-order valence-corrected chi connectivity index (χ1v) is 8.44. The Labute approximate surface area is 126 Å². The number of hydrogen-bond acceptors (Lipinski definition) is 2. The summed E-state index contributed by atoms with van der Waals surface area (Å²) in [5, 5.41) is 9.70. The summed E-state index contributed by atoms with van der Waals surface area (Å²) >= 11 is 0. The monoisotopic (exact) mass is 290 g/mol. The minimum Gasteiger partial charge on any atom is -0.481 e. The SMILES string of the molecule is CCC1C2CCC3=CC(=O)CCC3C2CCC1(C)C(=O)O. The van der Waals surface area contributed by atoms with Gasteiger partial charge < -0.3 is 5.11 Å². The van der Waals surface area contributed by atoms with Crippen LogP contribution in [-0.4, -0.2) is 16.9 Å². The van der Waals surface area contributed by atoms with E-state index in [1.807, 2.05) is 13.0 Å². The Hall–Kier alpha value is -1.12. The van der Waals surface area contributed by atoms with Crippen molar-refractivity contribution in [1.29, 1.82) is 0 Å². The molecule has 0 aromatic carbocycles. The zero-order valence-electron chi connectivity index (χ0n) is 13.1. The molecule has 5 unspecified atom stereocenters.